The van der Waals surface area contributed by atoms with Crippen molar-refractivity contribution in [1.82, 2.24) is 9.88 Å². The van der Waals surface area contributed by atoms with Gasteiger partial charge >= 0.3 is 0 Å². The molecule has 1 amide bonds. The molecule has 2 N–H and O–H groups in total. The van der Waals surface area contributed by atoms with Crippen LogP contribution in [0.25, 0.3) is 0 Å². The van der Waals surface area contributed by atoms with Crippen molar-refractivity contribution in [2.24, 2.45) is 11.1 Å². The number of amides is 1. The second-order valence-corrected chi connectivity index (χ2v) is 5.65. The maximum Gasteiger partial charge on any atom is 0.265 e. The zero-order valence-corrected chi connectivity index (χ0v) is 11.1. The maximum atomic E-state index is 12.1. The molecule has 0 spiro atoms. The highest BCUT2D eigenvalue weighted by Gasteiger charge is 2.23. The Labute approximate surface area is 100 Å². The second-order valence-electron chi connectivity index (χ2n) is 4.80. The molecule has 0 saturated carbocycles. The van der Waals surface area contributed by atoms with Crippen LogP contribution in [-0.2, 0) is 0 Å². The number of nitrogens with two attached hydrogens (primary N) is 1. The Balaban J connectivity index is 2.73. The standard InChI is InChI=1S/C11H19N3OS/c1-8-9(16-7-13-8)10(15)14(4)6-11(2,3)5-12/h7H,5-6,12H2,1-4H3. The van der Waals surface area contributed by atoms with Gasteiger partial charge in [0.25, 0.3) is 5.91 Å². The monoisotopic (exact) mass is 241 g/mol. The lowest BCUT2D eigenvalue weighted by Gasteiger charge is -2.28. The van der Waals surface area contributed by atoms with E-state index in [0.29, 0.717) is 13.1 Å². The van der Waals surface area contributed by atoms with Crippen LogP contribution < -0.4 is 5.73 Å². The third-order valence-corrected chi connectivity index (χ3v) is 3.42. The fourth-order valence-electron chi connectivity index (χ4n) is 1.46. The second kappa shape index (κ2) is 4.93. The van der Waals surface area contributed by atoms with Crippen molar-refractivity contribution in [3.63, 3.8) is 0 Å². The predicted molar refractivity (Wildman–Crippen MR) is 66.6 cm³/mol. The molecular weight excluding hydrogens is 222 g/mol. The van der Waals surface area contributed by atoms with E-state index in [2.05, 4.69) is 18.8 Å². The maximum absolute atomic E-state index is 12.1. The molecule has 0 bridgehead atoms. The van der Waals surface area contributed by atoms with E-state index in [0.717, 1.165) is 10.6 Å². The number of nitrogens with zero attached hydrogens (tertiary/aromatic N) is 2. The highest BCUT2D eigenvalue weighted by molar-refractivity contribution is 7.11. The largest absolute Gasteiger partial charge is 0.340 e. The van der Waals surface area contributed by atoms with Crippen LogP contribution in [0.1, 0.15) is 29.2 Å². The van der Waals surface area contributed by atoms with Crippen molar-refractivity contribution < 1.29 is 4.79 Å². The van der Waals surface area contributed by atoms with Crippen molar-refractivity contribution in [1.29, 1.82) is 0 Å². The summed E-state index contributed by atoms with van der Waals surface area (Å²) in [6, 6.07) is 0. The van der Waals surface area contributed by atoms with Gasteiger partial charge in [0.2, 0.25) is 0 Å². The Kier molecular flexibility index (Phi) is 4.04. The van der Waals surface area contributed by atoms with Gasteiger partial charge in [-0.15, -0.1) is 11.3 Å². The average Bonchev–Trinajstić information content (AvgIpc) is 2.62. The lowest BCUT2D eigenvalue weighted by atomic mass is 9.93. The molecule has 0 fully saturated rings. The van der Waals surface area contributed by atoms with Crippen molar-refractivity contribution in [2.75, 3.05) is 20.1 Å². The number of hydrogen-bond donors (Lipinski definition) is 1. The SMILES string of the molecule is Cc1ncsc1C(=O)N(C)CC(C)(C)CN. The van der Waals surface area contributed by atoms with Crippen molar-refractivity contribution >= 4 is 17.2 Å². The summed E-state index contributed by atoms with van der Waals surface area (Å²) >= 11 is 1.39. The molecule has 1 aromatic rings. The first-order chi connectivity index (χ1) is 7.37. The molecule has 0 aromatic carbocycles. The summed E-state index contributed by atoms with van der Waals surface area (Å²) in [5, 5.41) is 0. The van der Waals surface area contributed by atoms with Crippen LogP contribution >= 0.6 is 11.3 Å². The Morgan fingerprint density at radius 1 is 1.62 bits per heavy atom. The molecule has 0 aliphatic heterocycles. The molecule has 1 aromatic heterocycles. The fourth-order valence-corrected chi connectivity index (χ4v) is 2.26. The molecule has 1 rings (SSSR count). The highest BCUT2D eigenvalue weighted by Crippen LogP contribution is 2.18. The van der Waals surface area contributed by atoms with E-state index < -0.39 is 0 Å². The Morgan fingerprint density at radius 2 is 2.25 bits per heavy atom. The van der Waals surface area contributed by atoms with Gasteiger partial charge in [-0.05, 0) is 18.9 Å². The summed E-state index contributed by atoms with van der Waals surface area (Å²) in [6.07, 6.45) is 0. The first-order valence-corrected chi connectivity index (χ1v) is 6.11. The molecule has 0 atom stereocenters. The molecule has 16 heavy (non-hydrogen) atoms. The summed E-state index contributed by atoms with van der Waals surface area (Å²) in [6.45, 7) is 7.17. The average molecular weight is 241 g/mol. The minimum absolute atomic E-state index is 0.0292. The topological polar surface area (TPSA) is 59.2 Å². The van der Waals surface area contributed by atoms with Gasteiger partial charge in [-0.1, -0.05) is 13.8 Å². The molecule has 1 heterocycles. The molecule has 0 radical (unpaired) electrons. The van der Waals surface area contributed by atoms with E-state index >= 15 is 0 Å². The van der Waals surface area contributed by atoms with E-state index in [1.54, 1.807) is 17.5 Å². The number of aromatic nitrogens is 1. The van der Waals surface area contributed by atoms with Crippen molar-refractivity contribution in [3.8, 4) is 0 Å². The number of aryl methyl sites for hydroxylation is 1. The van der Waals surface area contributed by atoms with Crippen LogP contribution in [0.4, 0.5) is 0 Å². The van der Waals surface area contributed by atoms with Gasteiger partial charge in [-0.25, -0.2) is 4.98 Å². The zero-order valence-electron chi connectivity index (χ0n) is 10.3. The molecule has 4 nitrogen and oxygen atoms in total. The van der Waals surface area contributed by atoms with Gasteiger partial charge in [0, 0.05) is 13.6 Å². The van der Waals surface area contributed by atoms with Gasteiger partial charge in [-0.3, -0.25) is 4.79 Å². The number of thiazole rings is 1. The fraction of sp³-hybridized carbons (Fsp3) is 0.636. The summed E-state index contributed by atoms with van der Waals surface area (Å²) in [7, 11) is 1.80. The summed E-state index contributed by atoms with van der Waals surface area (Å²) < 4.78 is 0. The smallest absolute Gasteiger partial charge is 0.265 e. The van der Waals surface area contributed by atoms with Crippen LogP contribution in [0.5, 0.6) is 0 Å². The number of rotatable bonds is 4. The minimum atomic E-state index is -0.0526. The van der Waals surface area contributed by atoms with Crippen LogP contribution in [0, 0.1) is 12.3 Å². The lowest BCUT2D eigenvalue weighted by molar-refractivity contribution is 0.0744. The molecule has 0 aliphatic carbocycles. The zero-order chi connectivity index (χ0) is 12.3. The first kappa shape index (κ1) is 13.1. The number of carbonyl (C=O) groups is 1. The summed E-state index contributed by atoms with van der Waals surface area (Å²) in [4.78, 5) is 18.6. The Bertz CT molecular complexity index is 373. The van der Waals surface area contributed by atoms with Gasteiger partial charge in [-0.2, -0.15) is 0 Å². The molecular formula is C11H19N3OS. The highest BCUT2D eigenvalue weighted by atomic mass is 32.1. The van der Waals surface area contributed by atoms with Gasteiger partial charge in [0.05, 0.1) is 11.2 Å². The predicted octanol–water partition coefficient (Wildman–Crippen LogP) is 1.51. The lowest BCUT2D eigenvalue weighted by Crippen LogP contribution is -2.39. The summed E-state index contributed by atoms with van der Waals surface area (Å²) in [5.41, 5.74) is 8.10. The van der Waals surface area contributed by atoms with Crippen LogP contribution in [0.3, 0.4) is 0 Å². The van der Waals surface area contributed by atoms with E-state index in [9.17, 15) is 4.79 Å². The molecule has 0 unspecified atom stereocenters. The van der Waals surface area contributed by atoms with Gasteiger partial charge in [0.15, 0.2) is 0 Å². The van der Waals surface area contributed by atoms with E-state index in [4.69, 9.17) is 5.73 Å². The molecule has 90 valence electrons. The van der Waals surface area contributed by atoms with Crippen LogP contribution in [-0.4, -0.2) is 35.9 Å². The van der Waals surface area contributed by atoms with Crippen LogP contribution in [0.15, 0.2) is 5.51 Å². The summed E-state index contributed by atoms with van der Waals surface area (Å²) in [5.74, 6) is 0.0292. The van der Waals surface area contributed by atoms with E-state index in [1.165, 1.54) is 11.3 Å². The normalized spacial score (nSPS) is 11.6. The van der Waals surface area contributed by atoms with Gasteiger partial charge in [0.1, 0.15) is 4.88 Å². The Morgan fingerprint density at radius 3 is 2.69 bits per heavy atom. The third kappa shape index (κ3) is 3.02. The first-order valence-electron chi connectivity index (χ1n) is 5.23. The van der Waals surface area contributed by atoms with E-state index in [1.807, 2.05) is 6.92 Å². The van der Waals surface area contributed by atoms with Crippen molar-refractivity contribution in [2.45, 2.75) is 20.8 Å². The minimum Gasteiger partial charge on any atom is -0.340 e. The van der Waals surface area contributed by atoms with Crippen molar-refractivity contribution in [3.05, 3.63) is 16.1 Å². The van der Waals surface area contributed by atoms with Gasteiger partial charge < -0.3 is 10.6 Å². The quantitative estimate of drug-likeness (QED) is 0.869. The Hall–Kier alpha value is -0.940. The number of hydrogen-bond acceptors (Lipinski definition) is 4. The number of carbonyl (C=O) groups excluding carboxylic acids is 1. The van der Waals surface area contributed by atoms with Crippen LogP contribution in [0.2, 0.25) is 0 Å². The molecule has 5 heteroatoms. The molecule has 0 saturated heterocycles. The van der Waals surface area contributed by atoms with E-state index in [-0.39, 0.29) is 11.3 Å². The molecule has 0 aliphatic rings. The third-order valence-electron chi connectivity index (χ3n) is 2.50.